The van der Waals surface area contributed by atoms with Gasteiger partial charge >= 0.3 is 0 Å². The average molecular weight is 166 g/mol. The summed E-state index contributed by atoms with van der Waals surface area (Å²) >= 11 is 1.36. The molecule has 0 aliphatic heterocycles. The molecule has 0 radical (unpaired) electrons. The lowest BCUT2D eigenvalue weighted by molar-refractivity contribution is 0.959. The van der Waals surface area contributed by atoms with E-state index >= 15 is 0 Å². The lowest BCUT2D eigenvalue weighted by Crippen LogP contribution is -1.90. The van der Waals surface area contributed by atoms with Crippen LogP contribution < -0.4 is 0 Å². The first-order valence-electron chi connectivity index (χ1n) is 3.21. The van der Waals surface area contributed by atoms with Gasteiger partial charge in [0.25, 0.3) is 0 Å². The molecular formula is C6H6N4S. The normalized spacial score (nSPS) is 10.7. The Labute approximate surface area is 67.4 Å². The van der Waals surface area contributed by atoms with Crippen LogP contribution in [0.15, 0.2) is 0 Å². The molecule has 0 aromatic carbocycles. The SMILES string of the molecule is Cc1nnc(C)c2snnc12. The summed E-state index contributed by atoms with van der Waals surface area (Å²) in [6.45, 7) is 3.80. The van der Waals surface area contributed by atoms with Crippen molar-refractivity contribution in [3.8, 4) is 0 Å². The monoisotopic (exact) mass is 166 g/mol. The quantitative estimate of drug-likeness (QED) is 0.588. The standard InChI is InChI=1S/C6H6N4S/c1-3-5-6(11-10-9-5)4(2)8-7-3/h1-2H3. The Hall–Kier alpha value is -1.10. The van der Waals surface area contributed by atoms with Crippen LogP contribution in [0.25, 0.3) is 10.2 Å². The zero-order chi connectivity index (χ0) is 7.84. The fourth-order valence-corrected chi connectivity index (χ4v) is 1.56. The maximum atomic E-state index is 3.96. The predicted molar refractivity (Wildman–Crippen MR) is 42.5 cm³/mol. The van der Waals surface area contributed by atoms with Gasteiger partial charge in [0.2, 0.25) is 0 Å². The van der Waals surface area contributed by atoms with Crippen molar-refractivity contribution in [1.82, 2.24) is 19.8 Å². The second kappa shape index (κ2) is 2.20. The molecule has 0 fully saturated rings. The predicted octanol–water partition coefficient (Wildman–Crippen LogP) is 1.10. The van der Waals surface area contributed by atoms with Crippen molar-refractivity contribution in [1.29, 1.82) is 0 Å². The van der Waals surface area contributed by atoms with Gasteiger partial charge in [0, 0.05) is 0 Å². The van der Waals surface area contributed by atoms with Gasteiger partial charge in [-0.25, -0.2) is 0 Å². The topological polar surface area (TPSA) is 51.6 Å². The zero-order valence-corrected chi connectivity index (χ0v) is 7.01. The highest BCUT2D eigenvalue weighted by molar-refractivity contribution is 7.13. The summed E-state index contributed by atoms with van der Waals surface area (Å²) in [5.74, 6) is 0. The third kappa shape index (κ3) is 0.883. The molecule has 2 rings (SSSR count). The van der Waals surface area contributed by atoms with E-state index in [4.69, 9.17) is 0 Å². The molecule has 0 saturated heterocycles. The van der Waals surface area contributed by atoms with Gasteiger partial charge in [-0.15, -0.1) is 5.10 Å². The number of hydrogen-bond acceptors (Lipinski definition) is 5. The third-order valence-corrected chi connectivity index (χ3v) is 2.34. The van der Waals surface area contributed by atoms with Crippen LogP contribution in [0.1, 0.15) is 11.4 Å². The van der Waals surface area contributed by atoms with E-state index in [-0.39, 0.29) is 0 Å². The van der Waals surface area contributed by atoms with Gasteiger partial charge in [0.05, 0.1) is 11.4 Å². The van der Waals surface area contributed by atoms with E-state index in [1.165, 1.54) is 11.5 Å². The summed E-state index contributed by atoms with van der Waals surface area (Å²) in [6.07, 6.45) is 0. The summed E-state index contributed by atoms with van der Waals surface area (Å²) in [4.78, 5) is 0. The minimum absolute atomic E-state index is 0.847. The van der Waals surface area contributed by atoms with E-state index in [1.54, 1.807) is 0 Å². The van der Waals surface area contributed by atoms with Gasteiger partial charge in [-0.2, -0.15) is 10.2 Å². The largest absolute Gasteiger partial charge is 0.154 e. The summed E-state index contributed by atoms with van der Waals surface area (Å²) in [5.41, 5.74) is 2.63. The van der Waals surface area contributed by atoms with E-state index in [0.717, 1.165) is 21.6 Å². The molecule has 0 bridgehead atoms. The van der Waals surface area contributed by atoms with E-state index in [9.17, 15) is 0 Å². The third-order valence-electron chi connectivity index (χ3n) is 1.51. The van der Waals surface area contributed by atoms with E-state index < -0.39 is 0 Å². The van der Waals surface area contributed by atoms with Crippen LogP contribution in [0, 0.1) is 13.8 Å². The van der Waals surface area contributed by atoms with Crippen molar-refractivity contribution in [2.75, 3.05) is 0 Å². The van der Waals surface area contributed by atoms with Crippen molar-refractivity contribution in [2.45, 2.75) is 13.8 Å². The van der Waals surface area contributed by atoms with Crippen molar-refractivity contribution in [3.05, 3.63) is 11.4 Å². The van der Waals surface area contributed by atoms with Crippen molar-refractivity contribution >= 4 is 21.7 Å². The van der Waals surface area contributed by atoms with Gasteiger partial charge in [-0.05, 0) is 25.4 Å². The highest BCUT2D eigenvalue weighted by atomic mass is 32.1. The molecule has 0 amide bonds. The molecule has 11 heavy (non-hydrogen) atoms. The number of aromatic nitrogens is 4. The first-order valence-corrected chi connectivity index (χ1v) is 3.98. The lowest BCUT2D eigenvalue weighted by Gasteiger charge is -1.92. The van der Waals surface area contributed by atoms with E-state index in [1.807, 2.05) is 13.8 Å². The van der Waals surface area contributed by atoms with Gasteiger partial charge in [-0.1, -0.05) is 4.49 Å². The number of nitrogens with zero attached hydrogens (tertiary/aromatic N) is 4. The van der Waals surface area contributed by atoms with Gasteiger partial charge < -0.3 is 0 Å². The number of aryl methyl sites for hydroxylation is 2. The van der Waals surface area contributed by atoms with Crippen LogP contribution in [0.3, 0.4) is 0 Å². The highest BCUT2D eigenvalue weighted by Gasteiger charge is 2.05. The van der Waals surface area contributed by atoms with Crippen LogP contribution in [0.5, 0.6) is 0 Å². The minimum atomic E-state index is 0.847. The van der Waals surface area contributed by atoms with Crippen LogP contribution in [-0.2, 0) is 0 Å². The van der Waals surface area contributed by atoms with E-state index in [2.05, 4.69) is 19.8 Å². The fourth-order valence-electron chi connectivity index (χ4n) is 0.908. The number of rotatable bonds is 0. The summed E-state index contributed by atoms with van der Waals surface area (Å²) < 4.78 is 4.87. The molecule has 2 heterocycles. The molecular weight excluding hydrogens is 160 g/mol. The van der Waals surface area contributed by atoms with Crippen molar-refractivity contribution in [2.24, 2.45) is 0 Å². The Bertz CT molecular complexity index is 358. The smallest absolute Gasteiger partial charge is 0.130 e. The maximum absolute atomic E-state index is 3.96. The van der Waals surface area contributed by atoms with Gasteiger partial charge in [0.15, 0.2) is 0 Å². The lowest BCUT2D eigenvalue weighted by atomic mass is 10.3. The zero-order valence-electron chi connectivity index (χ0n) is 6.20. The van der Waals surface area contributed by atoms with Crippen LogP contribution >= 0.6 is 11.5 Å². The Balaban J connectivity index is 2.96. The number of hydrogen-bond donors (Lipinski definition) is 0. The molecule has 0 atom stereocenters. The average Bonchev–Trinajstić information content (AvgIpc) is 2.45. The Morgan fingerprint density at radius 1 is 1.00 bits per heavy atom. The second-order valence-corrected chi connectivity index (χ2v) is 3.08. The molecule has 0 spiro atoms. The maximum Gasteiger partial charge on any atom is 0.130 e. The molecule has 5 heteroatoms. The highest BCUT2D eigenvalue weighted by Crippen LogP contribution is 2.18. The Kier molecular flexibility index (Phi) is 1.32. The van der Waals surface area contributed by atoms with Crippen LogP contribution in [-0.4, -0.2) is 19.8 Å². The summed E-state index contributed by atoms with van der Waals surface area (Å²) in [6, 6.07) is 0. The Morgan fingerprint density at radius 3 is 2.45 bits per heavy atom. The minimum Gasteiger partial charge on any atom is -0.154 e. The molecule has 4 nitrogen and oxygen atoms in total. The van der Waals surface area contributed by atoms with Crippen molar-refractivity contribution in [3.63, 3.8) is 0 Å². The van der Waals surface area contributed by atoms with Crippen molar-refractivity contribution < 1.29 is 0 Å². The molecule has 0 aliphatic carbocycles. The van der Waals surface area contributed by atoms with Gasteiger partial charge in [0.1, 0.15) is 10.2 Å². The van der Waals surface area contributed by atoms with Crippen LogP contribution in [0.4, 0.5) is 0 Å². The van der Waals surface area contributed by atoms with E-state index in [0.29, 0.717) is 0 Å². The molecule has 2 aromatic rings. The first kappa shape index (κ1) is 6.60. The molecule has 0 aliphatic rings. The fraction of sp³-hybridized carbons (Fsp3) is 0.333. The van der Waals surface area contributed by atoms with Gasteiger partial charge in [-0.3, -0.25) is 0 Å². The molecule has 0 saturated carbocycles. The summed E-state index contributed by atoms with van der Waals surface area (Å²) in [5, 5.41) is 11.8. The van der Waals surface area contributed by atoms with Crippen LogP contribution in [0.2, 0.25) is 0 Å². The summed E-state index contributed by atoms with van der Waals surface area (Å²) in [7, 11) is 0. The molecule has 0 N–H and O–H groups in total. The second-order valence-electron chi connectivity index (χ2n) is 2.32. The molecule has 0 unspecified atom stereocenters. The molecule has 2 aromatic heterocycles. The number of fused-ring (bicyclic) bond motifs is 1. The Morgan fingerprint density at radius 2 is 1.73 bits per heavy atom. The first-order chi connectivity index (χ1) is 5.29. The molecule has 56 valence electrons.